The Bertz CT molecular complexity index is 463. The monoisotopic (exact) mass is 288 g/mol. The van der Waals surface area contributed by atoms with Crippen LogP contribution in [0, 0.1) is 5.82 Å². The van der Waals surface area contributed by atoms with E-state index < -0.39 is 11.9 Å². The van der Waals surface area contributed by atoms with Gasteiger partial charge in [-0.1, -0.05) is 20.4 Å². The van der Waals surface area contributed by atoms with Crippen LogP contribution >= 0.6 is 27.5 Å². The van der Waals surface area contributed by atoms with E-state index >= 15 is 0 Å². The molecule has 0 fully saturated rings. The molecule has 78 valence electrons. The van der Waals surface area contributed by atoms with Crippen LogP contribution in [0.4, 0.5) is 4.39 Å². The summed E-state index contributed by atoms with van der Waals surface area (Å²) in [6.07, 6.45) is 0.415. The van der Waals surface area contributed by atoms with Gasteiger partial charge in [-0.3, -0.25) is 0 Å². The fraction of sp³-hybridized carbons (Fsp3) is 0.111. The van der Waals surface area contributed by atoms with Crippen LogP contribution in [0.3, 0.4) is 0 Å². The van der Waals surface area contributed by atoms with Crippen molar-refractivity contribution in [2.75, 3.05) is 0 Å². The van der Waals surface area contributed by atoms with E-state index in [2.05, 4.69) is 25.5 Å². The number of aliphatic hydroxyl groups excluding tert-OH is 1. The van der Waals surface area contributed by atoms with Crippen molar-refractivity contribution in [3.63, 3.8) is 0 Å². The third-order valence-electron chi connectivity index (χ3n) is 1.90. The van der Waals surface area contributed by atoms with Gasteiger partial charge < -0.3 is 5.11 Å². The number of hydrogen-bond donors (Lipinski definition) is 1. The standard InChI is InChI=1S/C9H6BrFN2OS/c10-5-1-2-7(11)6(3-5)9(14)8-4-12-13-15-8/h1-4,9,14H. The van der Waals surface area contributed by atoms with Crippen molar-refractivity contribution < 1.29 is 9.50 Å². The number of benzene rings is 1. The van der Waals surface area contributed by atoms with Gasteiger partial charge in [-0.2, -0.15) is 0 Å². The van der Waals surface area contributed by atoms with Crippen LogP contribution in [0.25, 0.3) is 0 Å². The van der Waals surface area contributed by atoms with Gasteiger partial charge in [0.15, 0.2) is 0 Å². The zero-order chi connectivity index (χ0) is 10.8. The molecule has 2 aromatic rings. The van der Waals surface area contributed by atoms with Gasteiger partial charge in [-0.25, -0.2) is 4.39 Å². The molecule has 0 amide bonds. The van der Waals surface area contributed by atoms with Crippen molar-refractivity contribution in [2.45, 2.75) is 6.10 Å². The molecule has 0 bridgehead atoms. The van der Waals surface area contributed by atoms with Gasteiger partial charge in [0.25, 0.3) is 0 Å². The van der Waals surface area contributed by atoms with Gasteiger partial charge in [0.1, 0.15) is 11.9 Å². The lowest BCUT2D eigenvalue weighted by Gasteiger charge is -2.09. The van der Waals surface area contributed by atoms with E-state index in [9.17, 15) is 9.50 Å². The second-order valence-corrected chi connectivity index (χ2v) is 4.62. The maximum absolute atomic E-state index is 13.4. The van der Waals surface area contributed by atoms with E-state index in [1.54, 1.807) is 12.1 Å². The molecule has 1 aromatic heterocycles. The highest BCUT2D eigenvalue weighted by Crippen LogP contribution is 2.27. The lowest BCUT2D eigenvalue weighted by Crippen LogP contribution is -2.00. The predicted octanol–water partition coefficient (Wildman–Crippen LogP) is 2.52. The SMILES string of the molecule is OC(c1cnns1)c1cc(Br)ccc1F. The fourth-order valence-corrected chi connectivity index (χ4v) is 2.06. The Morgan fingerprint density at radius 1 is 1.47 bits per heavy atom. The lowest BCUT2D eigenvalue weighted by atomic mass is 10.1. The average Bonchev–Trinajstić information content (AvgIpc) is 2.74. The number of aromatic nitrogens is 2. The third kappa shape index (κ3) is 2.22. The maximum atomic E-state index is 13.4. The minimum atomic E-state index is -1.01. The first-order chi connectivity index (χ1) is 7.18. The summed E-state index contributed by atoms with van der Waals surface area (Å²) in [7, 11) is 0. The summed E-state index contributed by atoms with van der Waals surface area (Å²) in [4.78, 5) is 0.520. The summed E-state index contributed by atoms with van der Waals surface area (Å²) in [5.74, 6) is -0.445. The van der Waals surface area contributed by atoms with E-state index in [1.807, 2.05) is 0 Å². The summed E-state index contributed by atoms with van der Waals surface area (Å²) >= 11 is 4.27. The summed E-state index contributed by atoms with van der Waals surface area (Å²) in [5, 5.41) is 13.5. The molecule has 1 unspecified atom stereocenters. The van der Waals surface area contributed by atoms with Crippen molar-refractivity contribution in [3.8, 4) is 0 Å². The van der Waals surface area contributed by atoms with E-state index in [0.29, 0.717) is 4.88 Å². The Labute approximate surface area is 97.9 Å². The van der Waals surface area contributed by atoms with Crippen molar-refractivity contribution in [1.29, 1.82) is 0 Å². The first kappa shape index (κ1) is 10.7. The highest BCUT2D eigenvalue weighted by atomic mass is 79.9. The third-order valence-corrected chi connectivity index (χ3v) is 3.11. The van der Waals surface area contributed by atoms with Crippen LogP contribution < -0.4 is 0 Å². The number of halogens is 2. The molecule has 0 saturated carbocycles. The van der Waals surface area contributed by atoms with Crippen molar-refractivity contribution in [2.24, 2.45) is 0 Å². The minimum Gasteiger partial charge on any atom is -0.383 e. The van der Waals surface area contributed by atoms with E-state index in [4.69, 9.17) is 0 Å². The minimum absolute atomic E-state index is 0.218. The number of aliphatic hydroxyl groups is 1. The van der Waals surface area contributed by atoms with Crippen molar-refractivity contribution in [3.05, 3.63) is 45.1 Å². The van der Waals surface area contributed by atoms with E-state index in [0.717, 1.165) is 16.0 Å². The molecule has 0 aliphatic carbocycles. The smallest absolute Gasteiger partial charge is 0.129 e. The van der Waals surface area contributed by atoms with E-state index in [-0.39, 0.29) is 5.56 Å². The molecule has 0 aliphatic rings. The first-order valence-corrected chi connectivity index (χ1v) is 5.65. The molecule has 0 spiro atoms. The molecule has 3 nitrogen and oxygen atoms in total. The normalized spacial score (nSPS) is 12.7. The molecule has 1 aromatic carbocycles. The van der Waals surface area contributed by atoms with Crippen LogP contribution in [0.15, 0.2) is 28.9 Å². The highest BCUT2D eigenvalue weighted by Gasteiger charge is 2.17. The van der Waals surface area contributed by atoms with Crippen LogP contribution in [0.2, 0.25) is 0 Å². The molecule has 1 N–H and O–H groups in total. The Kier molecular flexibility index (Phi) is 3.08. The highest BCUT2D eigenvalue weighted by molar-refractivity contribution is 9.10. The molecule has 2 rings (SSSR count). The zero-order valence-electron chi connectivity index (χ0n) is 7.39. The fourth-order valence-electron chi connectivity index (χ4n) is 1.17. The Balaban J connectivity index is 2.41. The molecule has 0 aliphatic heterocycles. The molecular formula is C9H6BrFN2OS. The van der Waals surface area contributed by atoms with Crippen molar-refractivity contribution in [1.82, 2.24) is 9.59 Å². The Hall–Kier alpha value is -0.850. The molecule has 1 atom stereocenters. The number of nitrogens with zero attached hydrogens (tertiary/aromatic N) is 2. The van der Waals surface area contributed by atoms with Gasteiger partial charge >= 0.3 is 0 Å². The zero-order valence-corrected chi connectivity index (χ0v) is 9.80. The Morgan fingerprint density at radius 3 is 2.93 bits per heavy atom. The van der Waals surface area contributed by atoms with Gasteiger partial charge in [0.05, 0.1) is 11.1 Å². The molecular weight excluding hydrogens is 283 g/mol. The second-order valence-electron chi connectivity index (χ2n) is 2.89. The predicted molar refractivity (Wildman–Crippen MR) is 58.1 cm³/mol. The average molecular weight is 289 g/mol. The lowest BCUT2D eigenvalue weighted by molar-refractivity contribution is 0.218. The topological polar surface area (TPSA) is 46.0 Å². The molecule has 0 saturated heterocycles. The molecule has 0 radical (unpaired) electrons. The van der Waals surface area contributed by atoms with Gasteiger partial charge in [0.2, 0.25) is 0 Å². The number of hydrogen-bond acceptors (Lipinski definition) is 4. The largest absolute Gasteiger partial charge is 0.383 e. The van der Waals surface area contributed by atoms with Crippen LogP contribution in [0.1, 0.15) is 16.5 Å². The quantitative estimate of drug-likeness (QED) is 0.924. The first-order valence-electron chi connectivity index (χ1n) is 4.09. The second kappa shape index (κ2) is 4.34. The summed E-state index contributed by atoms with van der Waals surface area (Å²) in [5.41, 5.74) is 0.218. The van der Waals surface area contributed by atoms with Crippen LogP contribution in [-0.4, -0.2) is 14.7 Å². The number of rotatable bonds is 2. The summed E-state index contributed by atoms with van der Waals surface area (Å²) in [6.45, 7) is 0. The van der Waals surface area contributed by atoms with Gasteiger partial charge in [-0.05, 0) is 29.7 Å². The Morgan fingerprint density at radius 2 is 2.27 bits per heavy atom. The maximum Gasteiger partial charge on any atom is 0.129 e. The van der Waals surface area contributed by atoms with Crippen molar-refractivity contribution >= 4 is 27.5 Å². The molecule has 15 heavy (non-hydrogen) atoms. The van der Waals surface area contributed by atoms with Crippen LogP contribution in [0.5, 0.6) is 0 Å². The van der Waals surface area contributed by atoms with Gasteiger partial charge in [0, 0.05) is 10.0 Å². The van der Waals surface area contributed by atoms with Gasteiger partial charge in [-0.15, -0.1) is 5.10 Å². The molecule has 1 heterocycles. The summed E-state index contributed by atoms with van der Waals surface area (Å²) < 4.78 is 17.7. The molecule has 6 heteroatoms. The van der Waals surface area contributed by atoms with E-state index in [1.165, 1.54) is 12.3 Å². The van der Waals surface area contributed by atoms with Crippen LogP contribution in [-0.2, 0) is 0 Å². The summed E-state index contributed by atoms with van der Waals surface area (Å²) in [6, 6.07) is 4.42.